The highest BCUT2D eigenvalue weighted by molar-refractivity contribution is 6.30. The van der Waals surface area contributed by atoms with Crippen molar-refractivity contribution in [1.82, 2.24) is 14.3 Å². The van der Waals surface area contributed by atoms with Gasteiger partial charge in [-0.05, 0) is 30.3 Å². The summed E-state index contributed by atoms with van der Waals surface area (Å²) in [6.07, 6.45) is 0. The molecule has 8 heteroatoms. The molecule has 0 saturated carbocycles. The van der Waals surface area contributed by atoms with Crippen LogP contribution in [-0.4, -0.2) is 20.4 Å². The van der Waals surface area contributed by atoms with Crippen LogP contribution in [0.15, 0.2) is 53.3 Å². The van der Waals surface area contributed by atoms with Gasteiger partial charge in [-0.3, -0.25) is 4.90 Å². The molecule has 3 aromatic rings. The molecule has 0 aliphatic carbocycles. The Morgan fingerprint density at radius 3 is 2.48 bits per heavy atom. The highest BCUT2D eigenvalue weighted by Gasteiger charge is 2.33. The Kier molecular flexibility index (Phi) is 3.65. The average molecular weight is 359 g/mol. The molecule has 0 unspecified atom stereocenters. The molecular weight excluding hydrogens is 347 g/mol. The largest absolute Gasteiger partial charge is 0.354 e. The van der Waals surface area contributed by atoms with Crippen LogP contribution in [0.25, 0.3) is 0 Å². The van der Waals surface area contributed by atoms with E-state index in [-0.39, 0.29) is 13.1 Å². The Balaban J connectivity index is 1.65. The topological polar surface area (TPSA) is 60.1 Å². The van der Waals surface area contributed by atoms with E-state index in [1.165, 1.54) is 11.0 Å². The lowest BCUT2D eigenvalue weighted by atomic mass is 10.2. The number of hydrogen-bond acceptors (Lipinski definition) is 3. The Morgan fingerprint density at radius 2 is 1.80 bits per heavy atom. The van der Waals surface area contributed by atoms with Crippen LogP contribution in [0, 0.1) is 5.82 Å². The van der Waals surface area contributed by atoms with Crippen LogP contribution in [0.1, 0.15) is 11.4 Å². The van der Waals surface area contributed by atoms with Gasteiger partial charge in [-0.1, -0.05) is 29.8 Å². The summed E-state index contributed by atoms with van der Waals surface area (Å²) in [4.78, 5) is 26.5. The number of nitrogens with zero attached hydrogens (tertiary/aromatic N) is 4. The molecule has 0 atom stereocenters. The molecule has 4 rings (SSSR count). The van der Waals surface area contributed by atoms with Crippen molar-refractivity contribution in [1.29, 1.82) is 0 Å². The van der Waals surface area contributed by atoms with E-state index >= 15 is 0 Å². The van der Waals surface area contributed by atoms with Crippen molar-refractivity contribution >= 4 is 23.3 Å². The highest BCUT2D eigenvalue weighted by atomic mass is 35.5. The Morgan fingerprint density at radius 1 is 1.08 bits per heavy atom. The minimum atomic E-state index is -0.584. The van der Waals surface area contributed by atoms with E-state index in [9.17, 15) is 14.0 Å². The predicted molar refractivity (Wildman–Crippen MR) is 90.4 cm³/mol. The maximum atomic E-state index is 13.8. The van der Waals surface area contributed by atoms with Gasteiger partial charge in [0.15, 0.2) is 5.82 Å². The van der Waals surface area contributed by atoms with Gasteiger partial charge >= 0.3 is 11.7 Å². The van der Waals surface area contributed by atoms with Crippen LogP contribution < -0.4 is 10.6 Å². The van der Waals surface area contributed by atoms with Crippen molar-refractivity contribution in [3.05, 3.63) is 81.2 Å². The first kappa shape index (κ1) is 15.6. The number of rotatable bonds is 3. The minimum Gasteiger partial charge on any atom is -0.286 e. The van der Waals surface area contributed by atoms with Crippen molar-refractivity contribution in [2.24, 2.45) is 0 Å². The van der Waals surface area contributed by atoms with Crippen molar-refractivity contribution in [3.63, 3.8) is 0 Å². The van der Waals surface area contributed by atoms with Gasteiger partial charge in [-0.25, -0.2) is 18.7 Å². The molecule has 1 aliphatic heterocycles. The predicted octanol–water partition coefficient (Wildman–Crippen LogP) is 2.87. The molecule has 25 heavy (non-hydrogen) atoms. The first-order valence-corrected chi connectivity index (χ1v) is 7.92. The number of anilines is 1. The summed E-state index contributed by atoms with van der Waals surface area (Å²) < 4.78 is 15.9. The standard InChI is InChI=1S/C17H12ClFN4O2/c18-12-5-7-13(8-6-12)21-10-15-20-22(17(25)23(15)16(21)24)9-11-3-1-2-4-14(11)19/h1-8H,9-10H2. The summed E-state index contributed by atoms with van der Waals surface area (Å²) in [6.45, 7) is 0.139. The number of amides is 1. The van der Waals surface area contributed by atoms with Gasteiger partial charge in [0, 0.05) is 16.3 Å². The lowest BCUT2D eigenvalue weighted by molar-refractivity contribution is 0.250. The van der Waals surface area contributed by atoms with Gasteiger partial charge in [0.05, 0.1) is 13.1 Å². The molecular formula is C17H12ClFN4O2. The number of aromatic nitrogens is 3. The zero-order chi connectivity index (χ0) is 17.6. The van der Waals surface area contributed by atoms with Gasteiger partial charge in [-0.2, -0.15) is 9.67 Å². The smallest absolute Gasteiger partial charge is 0.286 e. The van der Waals surface area contributed by atoms with E-state index in [2.05, 4.69) is 5.10 Å². The third kappa shape index (κ3) is 2.62. The second kappa shape index (κ2) is 5.86. The van der Waals surface area contributed by atoms with E-state index < -0.39 is 17.5 Å². The number of benzene rings is 2. The molecule has 0 spiro atoms. The molecule has 0 fully saturated rings. The molecule has 1 aliphatic rings. The van der Waals surface area contributed by atoms with E-state index in [0.717, 1.165) is 9.25 Å². The van der Waals surface area contributed by atoms with Crippen LogP contribution in [0.4, 0.5) is 14.9 Å². The van der Waals surface area contributed by atoms with Gasteiger partial charge in [0.25, 0.3) is 0 Å². The number of carbonyl (C=O) groups is 1. The zero-order valence-corrected chi connectivity index (χ0v) is 13.7. The quantitative estimate of drug-likeness (QED) is 0.723. The van der Waals surface area contributed by atoms with Crippen LogP contribution in [0.2, 0.25) is 5.02 Å². The average Bonchev–Trinajstić information content (AvgIpc) is 3.08. The van der Waals surface area contributed by atoms with Crippen molar-refractivity contribution in [3.8, 4) is 0 Å². The third-order valence-electron chi connectivity index (χ3n) is 4.04. The Labute approximate surface area is 146 Å². The number of halogens is 2. The summed E-state index contributed by atoms with van der Waals surface area (Å²) in [5, 5.41) is 4.74. The normalized spacial score (nSPS) is 13.4. The molecule has 6 nitrogen and oxygen atoms in total. The summed E-state index contributed by atoms with van der Waals surface area (Å²) in [6, 6.07) is 12.4. The molecule has 0 N–H and O–H groups in total. The third-order valence-corrected chi connectivity index (χ3v) is 4.30. The van der Waals surface area contributed by atoms with Gasteiger partial charge in [-0.15, -0.1) is 0 Å². The fourth-order valence-corrected chi connectivity index (χ4v) is 2.92. The molecule has 2 aromatic carbocycles. The fraction of sp³-hybridized carbons (Fsp3) is 0.118. The van der Waals surface area contributed by atoms with E-state index in [4.69, 9.17) is 11.6 Å². The molecule has 0 radical (unpaired) electrons. The van der Waals surface area contributed by atoms with Crippen LogP contribution >= 0.6 is 11.6 Å². The second-order valence-electron chi connectivity index (χ2n) is 5.63. The van der Waals surface area contributed by atoms with Crippen molar-refractivity contribution in [2.75, 3.05) is 4.90 Å². The molecule has 0 bridgehead atoms. The van der Waals surface area contributed by atoms with Crippen LogP contribution in [-0.2, 0) is 13.1 Å². The molecule has 2 heterocycles. The lowest BCUT2D eigenvalue weighted by Gasteiger charge is -2.14. The summed E-state index contributed by atoms with van der Waals surface area (Å²) in [7, 11) is 0. The summed E-state index contributed by atoms with van der Waals surface area (Å²) in [5.41, 5.74) is 0.378. The van der Waals surface area contributed by atoms with E-state index in [0.29, 0.717) is 22.1 Å². The van der Waals surface area contributed by atoms with E-state index in [1.54, 1.807) is 42.5 Å². The number of carbonyl (C=O) groups excluding carboxylic acids is 1. The minimum absolute atomic E-state index is 0.0280. The maximum Gasteiger partial charge on any atom is 0.354 e. The summed E-state index contributed by atoms with van der Waals surface area (Å²) in [5.74, 6) is -0.0991. The zero-order valence-electron chi connectivity index (χ0n) is 12.9. The SMILES string of the molecule is O=C1N(c2ccc(Cl)cc2)Cc2nn(Cc3ccccc3F)c(=O)n21. The molecule has 1 amide bonds. The number of fused-ring (bicyclic) bond motifs is 1. The summed E-state index contributed by atoms with van der Waals surface area (Å²) >= 11 is 5.85. The van der Waals surface area contributed by atoms with Crippen molar-refractivity contribution in [2.45, 2.75) is 13.1 Å². The maximum absolute atomic E-state index is 13.8. The van der Waals surface area contributed by atoms with Gasteiger partial charge < -0.3 is 0 Å². The lowest BCUT2D eigenvalue weighted by Crippen LogP contribution is -2.35. The number of hydrogen-bond donors (Lipinski definition) is 0. The fourth-order valence-electron chi connectivity index (χ4n) is 2.79. The van der Waals surface area contributed by atoms with Crippen LogP contribution in [0.3, 0.4) is 0 Å². The van der Waals surface area contributed by atoms with Gasteiger partial charge in [0.1, 0.15) is 5.82 Å². The first-order valence-electron chi connectivity index (χ1n) is 7.54. The van der Waals surface area contributed by atoms with E-state index in [1.807, 2.05) is 0 Å². The van der Waals surface area contributed by atoms with Crippen LogP contribution in [0.5, 0.6) is 0 Å². The molecule has 126 valence electrons. The molecule has 1 aromatic heterocycles. The molecule has 0 saturated heterocycles. The van der Waals surface area contributed by atoms with Crippen molar-refractivity contribution < 1.29 is 9.18 Å². The second-order valence-corrected chi connectivity index (χ2v) is 6.06. The Bertz CT molecular complexity index is 1030. The monoisotopic (exact) mass is 358 g/mol. The van der Waals surface area contributed by atoms with Gasteiger partial charge in [0.2, 0.25) is 0 Å². The Hall–Kier alpha value is -2.93. The first-order chi connectivity index (χ1) is 12.0. The highest BCUT2D eigenvalue weighted by Crippen LogP contribution is 2.24.